The number of alkyl halides is 3. The largest absolute Gasteiger partial charge is 0.409 e. The topological polar surface area (TPSA) is 90.7 Å². The fraction of sp³-hybridized carbons (Fsp3) is 0.385. The number of hydrogen-bond acceptors (Lipinski definition) is 5. The number of amides is 1. The number of nitrogens with one attached hydrogen (secondary N) is 2. The van der Waals surface area contributed by atoms with E-state index in [0.29, 0.717) is 18.4 Å². The van der Waals surface area contributed by atoms with Crippen molar-refractivity contribution < 1.29 is 18.0 Å². The van der Waals surface area contributed by atoms with Crippen LogP contribution in [0.2, 0.25) is 0 Å². The summed E-state index contributed by atoms with van der Waals surface area (Å²) in [6.45, 7) is 3.65. The van der Waals surface area contributed by atoms with Crippen molar-refractivity contribution in [1.82, 2.24) is 20.6 Å². The standard InChI is InChI=1S/C26H26F3N5O/c1-16(2)13-22(24(35)34-25(15-30)10-11-25)33-23(26(27,28)29)21-9-8-17(14-32-21)18-5-3-7-20-19(18)6-4-12-31-20/h3-9,12,14,16,22-23,33H,10-11,13H2,1-2H3,(H,34,35)/t22-,23-/m0/s1. The molecule has 0 saturated heterocycles. The highest BCUT2D eigenvalue weighted by Crippen LogP contribution is 2.36. The van der Waals surface area contributed by atoms with Crippen LogP contribution >= 0.6 is 0 Å². The molecule has 1 amide bonds. The lowest BCUT2D eigenvalue weighted by molar-refractivity contribution is -0.162. The summed E-state index contributed by atoms with van der Waals surface area (Å²) < 4.78 is 42.4. The van der Waals surface area contributed by atoms with Crippen LogP contribution in [0.1, 0.15) is 44.8 Å². The molecule has 0 unspecified atom stereocenters. The van der Waals surface area contributed by atoms with Crippen LogP contribution in [0.4, 0.5) is 13.2 Å². The maximum absolute atomic E-state index is 14.1. The number of halogens is 3. The van der Waals surface area contributed by atoms with Crippen molar-refractivity contribution in [1.29, 1.82) is 5.26 Å². The summed E-state index contributed by atoms with van der Waals surface area (Å²) in [4.78, 5) is 21.3. The van der Waals surface area contributed by atoms with Crippen molar-refractivity contribution in [2.75, 3.05) is 0 Å². The Kier molecular flexibility index (Phi) is 6.77. The Morgan fingerprint density at radius 2 is 1.91 bits per heavy atom. The summed E-state index contributed by atoms with van der Waals surface area (Å²) in [7, 11) is 0. The predicted octanol–water partition coefficient (Wildman–Crippen LogP) is 5.08. The van der Waals surface area contributed by atoms with Gasteiger partial charge in [-0.05, 0) is 48.9 Å². The highest BCUT2D eigenvalue weighted by atomic mass is 19.4. The molecule has 2 heterocycles. The average Bonchev–Trinajstić information content (AvgIpc) is 3.60. The van der Waals surface area contributed by atoms with Crippen LogP contribution in [-0.2, 0) is 4.79 Å². The van der Waals surface area contributed by atoms with Gasteiger partial charge < -0.3 is 5.32 Å². The van der Waals surface area contributed by atoms with Crippen molar-refractivity contribution in [2.24, 2.45) is 5.92 Å². The number of carbonyl (C=O) groups excluding carboxylic acids is 1. The number of rotatable bonds is 8. The highest BCUT2D eigenvalue weighted by molar-refractivity contribution is 5.94. The average molecular weight is 482 g/mol. The monoisotopic (exact) mass is 481 g/mol. The lowest BCUT2D eigenvalue weighted by Crippen LogP contribution is -2.52. The van der Waals surface area contributed by atoms with E-state index in [0.717, 1.165) is 16.5 Å². The van der Waals surface area contributed by atoms with Crippen LogP contribution in [0.15, 0.2) is 54.9 Å². The van der Waals surface area contributed by atoms with E-state index in [4.69, 9.17) is 0 Å². The van der Waals surface area contributed by atoms with Gasteiger partial charge >= 0.3 is 6.18 Å². The molecule has 1 saturated carbocycles. The predicted molar refractivity (Wildman–Crippen MR) is 126 cm³/mol. The molecule has 3 aromatic rings. The molecule has 4 rings (SSSR count). The molecule has 35 heavy (non-hydrogen) atoms. The molecule has 182 valence electrons. The third-order valence-electron chi connectivity index (χ3n) is 6.08. The van der Waals surface area contributed by atoms with Crippen LogP contribution in [0.25, 0.3) is 22.0 Å². The van der Waals surface area contributed by atoms with Crippen LogP contribution in [0, 0.1) is 17.2 Å². The van der Waals surface area contributed by atoms with Gasteiger partial charge in [0, 0.05) is 23.3 Å². The smallest absolute Gasteiger partial charge is 0.336 e. The summed E-state index contributed by atoms with van der Waals surface area (Å²) in [5.41, 5.74) is 1.05. The lowest BCUT2D eigenvalue weighted by Gasteiger charge is -2.28. The molecule has 6 nitrogen and oxygen atoms in total. The molecular weight excluding hydrogens is 455 g/mol. The SMILES string of the molecule is CC(C)C[C@H](N[C@@H](c1ccc(-c2cccc3ncccc23)cn1)C(F)(F)F)C(=O)NC1(C#N)CC1. The summed E-state index contributed by atoms with van der Waals surface area (Å²) in [6.07, 6.45) is -0.415. The molecule has 2 N–H and O–H groups in total. The lowest BCUT2D eigenvalue weighted by atomic mass is 9.99. The number of nitrogens with zero attached hydrogens (tertiary/aromatic N) is 3. The normalized spacial score (nSPS) is 16.5. The van der Waals surface area contributed by atoms with Crippen molar-refractivity contribution >= 4 is 16.8 Å². The minimum Gasteiger partial charge on any atom is -0.336 e. The molecule has 0 spiro atoms. The number of carbonyl (C=O) groups is 1. The van der Waals surface area contributed by atoms with Gasteiger partial charge in [-0.25, -0.2) is 0 Å². The molecule has 9 heteroatoms. The number of pyridine rings is 2. The van der Waals surface area contributed by atoms with Gasteiger partial charge in [0.2, 0.25) is 5.91 Å². The van der Waals surface area contributed by atoms with Crippen LogP contribution < -0.4 is 10.6 Å². The molecule has 0 bridgehead atoms. The molecule has 2 atom stereocenters. The van der Waals surface area contributed by atoms with Crippen LogP contribution in [0.5, 0.6) is 0 Å². The van der Waals surface area contributed by atoms with Crippen molar-refractivity contribution in [3.05, 3.63) is 60.6 Å². The first-order valence-corrected chi connectivity index (χ1v) is 11.5. The maximum atomic E-state index is 14.1. The summed E-state index contributed by atoms with van der Waals surface area (Å²) >= 11 is 0. The quantitative estimate of drug-likeness (QED) is 0.468. The van der Waals surface area contributed by atoms with Crippen molar-refractivity contribution in [2.45, 2.75) is 56.9 Å². The molecular formula is C26H26F3N5O. The first kappa shape index (κ1) is 24.6. The second kappa shape index (κ2) is 9.62. The molecule has 1 aliphatic carbocycles. The minimum absolute atomic E-state index is 0.0420. The van der Waals surface area contributed by atoms with Gasteiger partial charge in [-0.15, -0.1) is 0 Å². The van der Waals surface area contributed by atoms with E-state index in [1.165, 1.54) is 12.3 Å². The molecule has 0 radical (unpaired) electrons. The Balaban J connectivity index is 1.61. The van der Waals surface area contributed by atoms with Gasteiger partial charge in [-0.3, -0.25) is 20.1 Å². The molecule has 1 aromatic carbocycles. The van der Waals surface area contributed by atoms with E-state index in [2.05, 4.69) is 20.6 Å². The first-order valence-electron chi connectivity index (χ1n) is 11.5. The zero-order valence-electron chi connectivity index (χ0n) is 19.4. The fourth-order valence-corrected chi connectivity index (χ4v) is 4.07. The van der Waals surface area contributed by atoms with E-state index in [-0.39, 0.29) is 18.0 Å². The number of nitriles is 1. The Morgan fingerprint density at radius 1 is 1.14 bits per heavy atom. The zero-order chi connectivity index (χ0) is 25.2. The van der Waals surface area contributed by atoms with Gasteiger partial charge in [0.15, 0.2) is 0 Å². The van der Waals surface area contributed by atoms with Gasteiger partial charge in [0.05, 0.1) is 23.3 Å². The van der Waals surface area contributed by atoms with Crippen LogP contribution in [-0.4, -0.2) is 33.6 Å². The van der Waals surface area contributed by atoms with Crippen molar-refractivity contribution in [3.8, 4) is 17.2 Å². The zero-order valence-corrected chi connectivity index (χ0v) is 19.4. The molecule has 2 aromatic heterocycles. The Morgan fingerprint density at radius 3 is 2.51 bits per heavy atom. The number of aromatic nitrogens is 2. The van der Waals surface area contributed by atoms with E-state index < -0.39 is 29.7 Å². The second-order valence-corrected chi connectivity index (χ2v) is 9.35. The van der Waals surface area contributed by atoms with Gasteiger partial charge in [-0.1, -0.05) is 38.1 Å². The second-order valence-electron chi connectivity index (χ2n) is 9.35. The van der Waals surface area contributed by atoms with Crippen molar-refractivity contribution in [3.63, 3.8) is 0 Å². The van der Waals surface area contributed by atoms with E-state index in [1.807, 2.05) is 44.2 Å². The Labute approximate surface area is 201 Å². The number of fused-ring (bicyclic) bond motifs is 1. The fourth-order valence-electron chi connectivity index (χ4n) is 4.07. The molecule has 0 aliphatic heterocycles. The van der Waals surface area contributed by atoms with E-state index in [9.17, 15) is 23.2 Å². The Hall–Kier alpha value is -3.51. The highest BCUT2D eigenvalue weighted by Gasteiger charge is 2.47. The summed E-state index contributed by atoms with van der Waals surface area (Å²) in [6, 6.07) is 11.0. The molecule has 1 aliphatic rings. The van der Waals surface area contributed by atoms with Crippen LogP contribution in [0.3, 0.4) is 0 Å². The number of benzene rings is 1. The van der Waals surface area contributed by atoms with Gasteiger partial charge in [-0.2, -0.15) is 18.4 Å². The minimum atomic E-state index is -4.68. The third kappa shape index (κ3) is 5.60. The third-order valence-corrected chi connectivity index (χ3v) is 6.08. The van der Waals surface area contributed by atoms with E-state index in [1.54, 1.807) is 18.3 Å². The summed E-state index contributed by atoms with van der Waals surface area (Å²) in [5, 5.41) is 15.2. The maximum Gasteiger partial charge on any atom is 0.409 e. The summed E-state index contributed by atoms with van der Waals surface area (Å²) in [5.74, 6) is -0.647. The van der Waals surface area contributed by atoms with Gasteiger partial charge in [0.25, 0.3) is 0 Å². The van der Waals surface area contributed by atoms with E-state index >= 15 is 0 Å². The van der Waals surface area contributed by atoms with Gasteiger partial charge in [0.1, 0.15) is 11.6 Å². The first-order chi connectivity index (χ1) is 16.6. The number of hydrogen-bond donors (Lipinski definition) is 2. The Bertz CT molecular complexity index is 1240. The molecule has 1 fully saturated rings.